The zero-order valence-electron chi connectivity index (χ0n) is 17.0. The van der Waals surface area contributed by atoms with Crippen molar-refractivity contribution >= 4 is 22.8 Å². The van der Waals surface area contributed by atoms with Crippen molar-refractivity contribution in [1.29, 1.82) is 0 Å². The Bertz CT molecular complexity index is 808. The van der Waals surface area contributed by atoms with Crippen molar-refractivity contribution in [2.45, 2.75) is 83.8 Å². The summed E-state index contributed by atoms with van der Waals surface area (Å²) < 4.78 is 2.04. The monoisotopic (exact) mass is 384 g/mol. The third kappa shape index (κ3) is 4.91. The van der Waals surface area contributed by atoms with Crippen molar-refractivity contribution in [3.05, 3.63) is 30.1 Å². The lowest BCUT2D eigenvalue weighted by molar-refractivity contribution is -0.125. The molecule has 1 atom stereocenters. The molecule has 1 heterocycles. The summed E-state index contributed by atoms with van der Waals surface area (Å²) in [7, 11) is 0. The highest BCUT2D eigenvalue weighted by atomic mass is 16.2. The molecule has 0 bridgehead atoms. The number of benzene rings is 1. The summed E-state index contributed by atoms with van der Waals surface area (Å²) in [6.45, 7) is 3.96. The van der Waals surface area contributed by atoms with E-state index >= 15 is 0 Å². The summed E-state index contributed by atoms with van der Waals surface area (Å²) in [6.07, 6.45) is 8.53. The lowest BCUT2D eigenvalue weighted by atomic mass is 9.95. The van der Waals surface area contributed by atoms with E-state index in [2.05, 4.69) is 17.6 Å². The Balaban J connectivity index is 1.93. The number of para-hydroxylation sites is 2. The minimum atomic E-state index is -0.307. The molecule has 0 radical (unpaired) electrons. The van der Waals surface area contributed by atoms with Crippen molar-refractivity contribution in [3.63, 3.8) is 0 Å². The molecule has 28 heavy (non-hydrogen) atoms. The van der Waals surface area contributed by atoms with Gasteiger partial charge in [-0.05, 0) is 31.4 Å². The van der Waals surface area contributed by atoms with Gasteiger partial charge in [-0.25, -0.2) is 4.98 Å². The van der Waals surface area contributed by atoms with Gasteiger partial charge in [0.05, 0.1) is 17.6 Å². The van der Waals surface area contributed by atoms with E-state index in [-0.39, 0.29) is 23.9 Å². The number of nitrogens with one attached hydrogen (secondary N) is 2. The summed E-state index contributed by atoms with van der Waals surface area (Å²) >= 11 is 0. The van der Waals surface area contributed by atoms with Crippen LogP contribution in [0.5, 0.6) is 0 Å². The summed E-state index contributed by atoms with van der Waals surface area (Å²) in [4.78, 5) is 29.5. The first kappa shape index (κ1) is 20.4. The maximum Gasteiger partial charge on any atom is 0.243 e. The number of amides is 2. The van der Waals surface area contributed by atoms with Crippen LogP contribution >= 0.6 is 0 Å². The third-order valence-electron chi connectivity index (χ3n) is 5.56. The molecular formula is C22H32N4O2. The molecule has 1 aliphatic rings. The minimum absolute atomic E-state index is 0.0765. The van der Waals surface area contributed by atoms with E-state index in [0.29, 0.717) is 6.54 Å². The van der Waals surface area contributed by atoms with Crippen molar-refractivity contribution in [2.75, 3.05) is 0 Å². The highest BCUT2D eigenvalue weighted by Crippen LogP contribution is 2.26. The van der Waals surface area contributed by atoms with Gasteiger partial charge >= 0.3 is 0 Å². The maximum absolute atomic E-state index is 13.3. The second-order valence-corrected chi connectivity index (χ2v) is 7.80. The number of carbonyl (C=O) groups excluding carboxylic acids is 2. The van der Waals surface area contributed by atoms with Crippen molar-refractivity contribution in [3.8, 4) is 0 Å². The van der Waals surface area contributed by atoms with Crippen LogP contribution in [0, 0.1) is 0 Å². The lowest BCUT2D eigenvalue weighted by Crippen LogP contribution is -2.41. The number of hydrogen-bond donors (Lipinski definition) is 2. The molecule has 6 heteroatoms. The number of hydrogen-bond acceptors (Lipinski definition) is 3. The van der Waals surface area contributed by atoms with E-state index in [1.165, 1.54) is 26.2 Å². The average Bonchev–Trinajstić information content (AvgIpc) is 3.06. The Morgan fingerprint density at radius 1 is 1.21 bits per heavy atom. The second kappa shape index (κ2) is 9.71. The van der Waals surface area contributed by atoms with Gasteiger partial charge in [-0.3, -0.25) is 9.59 Å². The molecule has 152 valence electrons. The Morgan fingerprint density at radius 3 is 2.68 bits per heavy atom. The molecule has 0 saturated heterocycles. The first-order valence-corrected chi connectivity index (χ1v) is 10.6. The van der Waals surface area contributed by atoms with Crippen LogP contribution < -0.4 is 10.6 Å². The lowest BCUT2D eigenvalue weighted by Gasteiger charge is -2.27. The molecule has 6 nitrogen and oxygen atoms in total. The van der Waals surface area contributed by atoms with Crippen molar-refractivity contribution < 1.29 is 9.59 Å². The first-order chi connectivity index (χ1) is 13.6. The summed E-state index contributed by atoms with van der Waals surface area (Å²) in [5.74, 6) is 0.708. The Morgan fingerprint density at radius 2 is 1.96 bits per heavy atom. The summed E-state index contributed by atoms with van der Waals surface area (Å²) in [5.41, 5.74) is 1.80. The normalized spacial score (nSPS) is 16.1. The second-order valence-electron chi connectivity index (χ2n) is 7.80. The molecule has 2 aromatic rings. The number of imidazole rings is 1. The first-order valence-electron chi connectivity index (χ1n) is 10.6. The van der Waals surface area contributed by atoms with E-state index in [0.717, 1.165) is 49.0 Å². The predicted octanol–water partition coefficient (Wildman–Crippen LogP) is 3.85. The molecule has 1 unspecified atom stereocenters. The molecule has 1 aliphatic carbocycles. The van der Waals surface area contributed by atoms with Gasteiger partial charge in [0.25, 0.3) is 0 Å². The third-order valence-corrected chi connectivity index (χ3v) is 5.56. The highest BCUT2D eigenvalue weighted by molar-refractivity contribution is 5.84. The number of fused-ring (bicyclic) bond motifs is 1. The molecule has 0 spiro atoms. The molecule has 1 saturated carbocycles. The molecule has 2 amide bonds. The van der Waals surface area contributed by atoms with E-state index < -0.39 is 0 Å². The van der Waals surface area contributed by atoms with Crippen LogP contribution in [0.1, 0.15) is 77.1 Å². The van der Waals surface area contributed by atoms with E-state index in [9.17, 15) is 9.59 Å². The molecule has 1 aromatic carbocycles. The van der Waals surface area contributed by atoms with Gasteiger partial charge in [0.1, 0.15) is 11.9 Å². The van der Waals surface area contributed by atoms with Crippen LogP contribution in [0.25, 0.3) is 11.0 Å². The van der Waals surface area contributed by atoms with Crippen LogP contribution in [-0.4, -0.2) is 27.4 Å². The predicted molar refractivity (Wildman–Crippen MR) is 111 cm³/mol. The Labute approximate surface area is 167 Å². The fourth-order valence-electron chi connectivity index (χ4n) is 4.09. The largest absolute Gasteiger partial charge is 0.352 e. The summed E-state index contributed by atoms with van der Waals surface area (Å²) in [5, 5.41) is 6.14. The maximum atomic E-state index is 13.3. The van der Waals surface area contributed by atoms with Gasteiger partial charge < -0.3 is 15.2 Å². The number of unbranched alkanes of at least 4 members (excludes halogenated alkanes) is 1. The van der Waals surface area contributed by atoms with E-state index in [1.54, 1.807) is 0 Å². The average molecular weight is 385 g/mol. The molecule has 1 fully saturated rings. The summed E-state index contributed by atoms with van der Waals surface area (Å²) in [6, 6.07) is 7.85. The molecule has 3 rings (SSSR count). The molecule has 2 N–H and O–H groups in total. The van der Waals surface area contributed by atoms with Crippen LogP contribution in [0.2, 0.25) is 0 Å². The minimum Gasteiger partial charge on any atom is -0.352 e. The smallest absolute Gasteiger partial charge is 0.243 e. The van der Waals surface area contributed by atoms with Crippen molar-refractivity contribution in [2.24, 2.45) is 0 Å². The SMILES string of the molecule is CCCCC(C(=O)NC1CCCCC1)n1c(CNC(C)=O)nc2ccccc21. The fraction of sp³-hybridized carbons (Fsp3) is 0.591. The zero-order chi connectivity index (χ0) is 19.9. The van der Waals surface area contributed by atoms with E-state index in [1.807, 2.05) is 28.8 Å². The standard InChI is InChI=1S/C22H32N4O2/c1-3-4-13-20(22(28)24-17-10-6-5-7-11-17)26-19-14-9-8-12-18(19)25-21(26)15-23-16(2)27/h8-9,12,14,17,20H,3-7,10-11,13,15H2,1-2H3,(H,23,27)(H,24,28). The Hall–Kier alpha value is -2.37. The molecule has 1 aromatic heterocycles. The molecular weight excluding hydrogens is 352 g/mol. The Kier molecular flexibility index (Phi) is 7.06. The van der Waals surface area contributed by atoms with Crippen LogP contribution in [-0.2, 0) is 16.1 Å². The van der Waals surface area contributed by atoms with Gasteiger partial charge in [0.15, 0.2) is 0 Å². The van der Waals surface area contributed by atoms with Gasteiger partial charge in [0.2, 0.25) is 11.8 Å². The zero-order valence-corrected chi connectivity index (χ0v) is 17.0. The topological polar surface area (TPSA) is 76.0 Å². The number of aromatic nitrogens is 2. The van der Waals surface area contributed by atoms with Crippen LogP contribution in [0.4, 0.5) is 0 Å². The fourth-order valence-corrected chi connectivity index (χ4v) is 4.09. The van der Waals surface area contributed by atoms with Gasteiger partial charge in [-0.1, -0.05) is 51.2 Å². The van der Waals surface area contributed by atoms with Crippen molar-refractivity contribution in [1.82, 2.24) is 20.2 Å². The number of rotatable bonds is 8. The number of nitrogens with zero attached hydrogens (tertiary/aromatic N) is 2. The van der Waals surface area contributed by atoms with Gasteiger partial charge in [-0.15, -0.1) is 0 Å². The highest BCUT2D eigenvalue weighted by Gasteiger charge is 2.27. The van der Waals surface area contributed by atoms with Crippen LogP contribution in [0.3, 0.4) is 0 Å². The molecule has 0 aliphatic heterocycles. The quantitative estimate of drug-likeness (QED) is 0.726. The van der Waals surface area contributed by atoms with Crippen LogP contribution in [0.15, 0.2) is 24.3 Å². The number of carbonyl (C=O) groups is 2. The van der Waals surface area contributed by atoms with Gasteiger partial charge in [-0.2, -0.15) is 0 Å². The van der Waals surface area contributed by atoms with Gasteiger partial charge in [0, 0.05) is 13.0 Å². The van der Waals surface area contributed by atoms with E-state index in [4.69, 9.17) is 4.98 Å².